The molecule has 1 nitrogen and oxygen atoms in total. The molecule has 1 atom stereocenters. The fourth-order valence-corrected chi connectivity index (χ4v) is 3.36. The number of alkyl halides is 3. The summed E-state index contributed by atoms with van der Waals surface area (Å²) in [5.41, 5.74) is 0.869. The van der Waals surface area contributed by atoms with Crippen LogP contribution in [0.2, 0.25) is 10.0 Å². The fraction of sp³-hybridized carbons (Fsp3) is 0.235. The summed E-state index contributed by atoms with van der Waals surface area (Å²) >= 11 is 18.7. The van der Waals surface area contributed by atoms with Crippen LogP contribution in [0.1, 0.15) is 16.7 Å². The Balaban J connectivity index is 2.49. The van der Waals surface area contributed by atoms with E-state index >= 15 is 0 Å². The van der Waals surface area contributed by atoms with Crippen molar-refractivity contribution in [2.24, 2.45) is 0 Å². The smallest absolute Gasteiger partial charge is 0.297 e. The van der Waals surface area contributed by atoms with Crippen molar-refractivity contribution >= 4 is 57.5 Å². The Morgan fingerprint density at radius 3 is 2.16 bits per heavy atom. The molecule has 0 saturated carbocycles. The molecule has 0 fully saturated rings. The second-order valence-corrected chi connectivity index (χ2v) is 7.95. The van der Waals surface area contributed by atoms with Crippen molar-refractivity contribution in [2.45, 2.75) is 24.3 Å². The van der Waals surface area contributed by atoms with Crippen molar-refractivity contribution < 1.29 is 18.0 Å². The number of carbonyl (C=O) groups excluding carboxylic acids is 1. The van der Waals surface area contributed by atoms with Crippen molar-refractivity contribution in [3.8, 4) is 0 Å². The summed E-state index contributed by atoms with van der Waals surface area (Å²) < 4.78 is 39.1. The highest BCUT2D eigenvalue weighted by Crippen LogP contribution is 2.47. The normalized spacial score (nSPS) is 14.2. The first-order valence-corrected chi connectivity index (χ1v) is 8.98. The SMILES string of the molecule is Cc1cc(CC(=O)C(S)(c2cc(Cl)cc(Cl)c2)C(F)(F)F)ccc1Br. The van der Waals surface area contributed by atoms with Gasteiger partial charge in [0.1, 0.15) is 0 Å². The summed E-state index contributed by atoms with van der Waals surface area (Å²) in [5, 5.41) is -0.00470. The van der Waals surface area contributed by atoms with E-state index in [-0.39, 0.29) is 10.0 Å². The Labute approximate surface area is 167 Å². The van der Waals surface area contributed by atoms with Gasteiger partial charge < -0.3 is 0 Å². The van der Waals surface area contributed by atoms with E-state index in [0.29, 0.717) is 5.56 Å². The molecule has 0 aliphatic rings. The summed E-state index contributed by atoms with van der Waals surface area (Å²) in [6.07, 6.45) is -5.35. The molecule has 1 unspecified atom stereocenters. The Hall–Kier alpha value is -0.690. The number of hydrogen-bond acceptors (Lipinski definition) is 2. The molecule has 0 amide bonds. The lowest BCUT2D eigenvalue weighted by Crippen LogP contribution is -2.45. The number of carbonyl (C=O) groups is 1. The summed E-state index contributed by atoms with van der Waals surface area (Å²) in [5.74, 6) is -1.11. The standard InChI is InChI=1S/C17H12BrCl2F3OS/c1-9-4-10(2-3-14(9)18)5-15(24)16(25,17(21,22)23)11-6-12(19)8-13(20)7-11/h2-4,6-8,25H,5H2,1H3. The van der Waals surface area contributed by atoms with Crippen molar-refractivity contribution in [3.63, 3.8) is 0 Å². The predicted molar refractivity (Wildman–Crippen MR) is 101 cm³/mol. The van der Waals surface area contributed by atoms with E-state index in [1.54, 1.807) is 25.1 Å². The van der Waals surface area contributed by atoms with Crippen molar-refractivity contribution in [2.75, 3.05) is 0 Å². The van der Waals surface area contributed by atoms with Crippen LogP contribution in [0.15, 0.2) is 40.9 Å². The van der Waals surface area contributed by atoms with Crippen LogP contribution in [-0.2, 0) is 16.0 Å². The van der Waals surface area contributed by atoms with Crippen LogP contribution in [0.5, 0.6) is 0 Å². The number of hydrogen-bond donors (Lipinski definition) is 1. The van der Waals surface area contributed by atoms with Gasteiger partial charge in [0.25, 0.3) is 0 Å². The van der Waals surface area contributed by atoms with E-state index in [2.05, 4.69) is 28.6 Å². The van der Waals surface area contributed by atoms with E-state index in [1.807, 2.05) is 0 Å². The van der Waals surface area contributed by atoms with Crippen LogP contribution >= 0.6 is 51.8 Å². The van der Waals surface area contributed by atoms with Gasteiger partial charge in [0.2, 0.25) is 0 Å². The molecule has 0 N–H and O–H groups in total. The molecule has 0 radical (unpaired) electrons. The molecule has 0 aliphatic heterocycles. The van der Waals surface area contributed by atoms with Gasteiger partial charge in [0.15, 0.2) is 10.5 Å². The first-order chi connectivity index (χ1) is 11.4. The van der Waals surface area contributed by atoms with Gasteiger partial charge in [-0.1, -0.05) is 51.3 Å². The molecule has 0 aromatic heterocycles. The number of halogens is 6. The molecule has 2 aromatic rings. The summed E-state index contributed by atoms with van der Waals surface area (Å²) in [6, 6.07) is 8.32. The van der Waals surface area contributed by atoms with Crippen LogP contribution in [-0.4, -0.2) is 12.0 Å². The number of benzene rings is 2. The Kier molecular flexibility index (Phi) is 6.19. The molecule has 2 aromatic carbocycles. The molecule has 2 rings (SSSR count). The Bertz CT molecular complexity index is 806. The summed E-state index contributed by atoms with van der Waals surface area (Å²) in [7, 11) is 0. The van der Waals surface area contributed by atoms with Crippen molar-refractivity contribution in [1.82, 2.24) is 0 Å². The lowest BCUT2D eigenvalue weighted by molar-refractivity contribution is -0.171. The molecule has 25 heavy (non-hydrogen) atoms. The second-order valence-electron chi connectivity index (χ2n) is 5.55. The van der Waals surface area contributed by atoms with Gasteiger partial charge in [-0.05, 0) is 47.9 Å². The van der Waals surface area contributed by atoms with Crippen LogP contribution in [0.25, 0.3) is 0 Å². The summed E-state index contributed by atoms with van der Waals surface area (Å²) in [4.78, 5) is 12.6. The number of thiol groups is 1. The third kappa shape index (κ3) is 4.35. The Morgan fingerprint density at radius 1 is 1.12 bits per heavy atom. The van der Waals surface area contributed by atoms with E-state index in [1.165, 1.54) is 6.07 Å². The number of ketones is 1. The highest BCUT2D eigenvalue weighted by molar-refractivity contribution is 9.10. The first-order valence-electron chi connectivity index (χ1n) is 6.99. The second kappa shape index (κ2) is 7.51. The molecule has 134 valence electrons. The van der Waals surface area contributed by atoms with Gasteiger partial charge in [-0.2, -0.15) is 25.8 Å². The monoisotopic (exact) mass is 470 g/mol. The molecule has 8 heteroatoms. The van der Waals surface area contributed by atoms with E-state index < -0.39 is 28.7 Å². The minimum atomic E-state index is -4.92. The lowest BCUT2D eigenvalue weighted by Gasteiger charge is -2.30. The summed E-state index contributed by atoms with van der Waals surface area (Å²) in [6.45, 7) is 1.78. The van der Waals surface area contributed by atoms with E-state index in [9.17, 15) is 18.0 Å². The maximum absolute atomic E-state index is 13.8. The van der Waals surface area contributed by atoms with Crippen LogP contribution in [0.3, 0.4) is 0 Å². The van der Waals surface area contributed by atoms with Crippen molar-refractivity contribution in [1.29, 1.82) is 0 Å². The molecular formula is C17H12BrCl2F3OS. The highest BCUT2D eigenvalue weighted by Gasteiger charge is 2.58. The molecule has 0 bridgehead atoms. The minimum Gasteiger partial charge on any atom is -0.297 e. The van der Waals surface area contributed by atoms with Crippen molar-refractivity contribution in [3.05, 3.63) is 67.6 Å². The molecule has 0 saturated heterocycles. The number of rotatable bonds is 4. The topological polar surface area (TPSA) is 17.1 Å². The number of aryl methyl sites for hydroxylation is 1. The predicted octanol–water partition coefficient (Wildman–Crippen LogP) is 6.56. The number of Topliss-reactive ketones (excluding diaryl/α,β-unsaturated/α-hetero) is 1. The van der Waals surface area contributed by atoms with E-state index in [4.69, 9.17) is 23.2 Å². The van der Waals surface area contributed by atoms with E-state index in [0.717, 1.165) is 22.2 Å². The quantitative estimate of drug-likeness (QED) is 0.499. The largest absolute Gasteiger partial charge is 0.413 e. The van der Waals surface area contributed by atoms with Gasteiger partial charge >= 0.3 is 6.18 Å². The molecule has 0 aliphatic carbocycles. The first kappa shape index (κ1) is 20.6. The lowest BCUT2D eigenvalue weighted by atomic mass is 9.89. The maximum Gasteiger partial charge on any atom is 0.413 e. The van der Waals surface area contributed by atoms with Crippen LogP contribution in [0, 0.1) is 6.92 Å². The molecule has 0 heterocycles. The van der Waals surface area contributed by atoms with Gasteiger partial charge in [0, 0.05) is 20.9 Å². The zero-order chi connectivity index (χ0) is 19.0. The maximum atomic E-state index is 13.8. The minimum absolute atomic E-state index is 0.00235. The highest BCUT2D eigenvalue weighted by atomic mass is 79.9. The zero-order valence-corrected chi connectivity index (χ0v) is 16.8. The third-order valence-electron chi connectivity index (χ3n) is 3.68. The fourth-order valence-electron chi connectivity index (χ4n) is 2.38. The molecular weight excluding hydrogens is 460 g/mol. The zero-order valence-electron chi connectivity index (χ0n) is 12.8. The average molecular weight is 472 g/mol. The van der Waals surface area contributed by atoms with Gasteiger partial charge in [-0.15, -0.1) is 0 Å². The third-order valence-corrected chi connectivity index (χ3v) is 5.77. The average Bonchev–Trinajstić information content (AvgIpc) is 2.47. The molecule has 0 spiro atoms. The Morgan fingerprint density at radius 2 is 1.68 bits per heavy atom. The van der Waals surface area contributed by atoms with Crippen LogP contribution < -0.4 is 0 Å². The van der Waals surface area contributed by atoms with Gasteiger partial charge in [0.05, 0.1) is 0 Å². The van der Waals surface area contributed by atoms with Gasteiger partial charge in [-0.25, -0.2) is 0 Å². The van der Waals surface area contributed by atoms with Crippen LogP contribution in [0.4, 0.5) is 13.2 Å². The van der Waals surface area contributed by atoms with Gasteiger partial charge in [-0.3, -0.25) is 4.79 Å².